The fourth-order valence-electron chi connectivity index (χ4n) is 2.65. The Morgan fingerprint density at radius 2 is 1.83 bits per heavy atom. The normalized spacial score (nSPS) is 10.5. The molecule has 2 N–H and O–H groups in total. The number of methoxy groups -OCH3 is 1. The van der Waals surface area contributed by atoms with Gasteiger partial charge in [0.15, 0.2) is 5.78 Å². The monoisotopic (exact) mass is 323 g/mol. The Bertz CT molecular complexity index is 853. The van der Waals surface area contributed by atoms with E-state index in [1.54, 1.807) is 19.2 Å². The predicted octanol–water partition coefficient (Wildman–Crippen LogP) is 4.55. The predicted molar refractivity (Wildman–Crippen MR) is 95.3 cm³/mol. The fraction of sp³-hybridized carbons (Fsp3) is 0.105. The number of carbonyl (C=O) groups excluding carboxylic acids is 1. The third kappa shape index (κ3) is 2.85. The van der Waals surface area contributed by atoms with E-state index < -0.39 is 0 Å². The van der Waals surface area contributed by atoms with Crippen LogP contribution in [0.1, 0.15) is 20.8 Å². The van der Waals surface area contributed by atoms with Crippen molar-refractivity contribution in [2.45, 2.75) is 6.92 Å². The van der Waals surface area contributed by atoms with Crippen LogP contribution in [0.4, 0.5) is 5.00 Å². The summed E-state index contributed by atoms with van der Waals surface area (Å²) in [5, 5.41) is 0.550. The van der Waals surface area contributed by atoms with Gasteiger partial charge in [-0.2, -0.15) is 0 Å². The zero-order valence-corrected chi connectivity index (χ0v) is 13.8. The van der Waals surface area contributed by atoms with Crippen molar-refractivity contribution < 1.29 is 9.53 Å². The van der Waals surface area contributed by atoms with Crippen molar-refractivity contribution in [3.63, 3.8) is 0 Å². The second-order valence-electron chi connectivity index (χ2n) is 5.20. The maximum Gasteiger partial charge on any atom is 0.196 e. The highest BCUT2D eigenvalue weighted by atomic mass is 32.1. The average molecular weight is 323 g/mol. The van der Waals surface area contributed by atoms with Gasteiger partial charge in [0.2, 0.25) is 0 Å². The first-order valence-electron chi connectivity index (χ1n) is 7.25. The van der Waals surface area contributed by atoms with Gasteiger partial charge in [0, 0.05) is 16.0 Å². The van der Waals surface area contributed by atoms with Crippen LogP contribution in [0.25, 0.3) is 11.1 Å². The first-order valence-corrected chi connectivity index (χ1v) is 8.06. The molecule has 4 heteroatoms. The van der Waals surface area contributed by atoms with Gasteiger partial charge in [-0.05, 0) is 24.6 Å². The molecule has 0 saturated heterocycles. The number of thiophene rings is 1. The van der Waals surface area contributed by atoms with Gasteiger partial charge in [-0.1, -0.05) is 42.5 Å². The summed E-state index contributed by atoms with van der Waals surface area (Å²) in [7, 11) is 1.59. The van der Waals surface area contributed by atoms with Crippen LogP contribution >= 0.6 is 11.3 Å². The van der Waals surface area contributed by atoms with E-state index in [1.807, 2.05) is 49.4 Å². The minimum Gasteiger partial charge on any atom is -0.497 e. The third-order valence-corrected chi connectivity index (χ3v) is 4.67. The number of benzene rings is 2. The molecule has 0 aliphatic carbocycles. The van der Waals surface area contributed by atoms with Crippen molar-refractivity contribution in [2.24, 2.45) is 0 Å². The number of rotatable bonds is 4. The van der Waals surface area contributed by atoms with Gasteiger partial charge in [0.25, 0.3) is 0 Å². The van der Waals surface area contributed by atoms with Gasteiger partial charge in [0.1, 0.15) is 5.75 Å². The molecule has 3 aromatic rings. The molecule has 2 aromatic carbocycles. The minimum absolute atomic E-state index is 0.0791. The molecule has 0 saturated carbocycles. The van der Waals surface area contributed by atoms with Crippen molar-refractivity contribution in [3.05, 3.63) is 70.6 Å². The van der Waals surface area contributed by atoms with Crippen LogP contribution in [0.15, 0.2) is 54.6 Å². The van der Waals surface area contributed by atoms with Gasteiger partial charge in [-0.15, -0.1) is 11.3 Å². The molecule has 0 aliphatic heterocycles. The maximum atomic E-state index is 13.0. The van der Waals surface area contributed by atoms with Crippen molar-refractivity contribution in [1.29, 1.82) is 0 Å². The number of hydrogen-bond donors (Lipinski definition) is 1. The summed E-state index contributed by atoms with van der Waals surface area (Å²) in [6.07, 6.45) is 0. The number of ketones is 1. The lowest BCUT2D eigenvalue weighted by atomic mass is 9.95. The number of anilines is 1. The summed E-state index contributed by atoms with van der Waals surface area (Å²) in [5.74, 6) is 0.576. The number of carbonyl (C=O) groups is 1. The molecular weight excluding hydrogens is 306 g/mol. The molecule has 0 spiro atoms. The smallest absolute Gasteiger partial charge is 0.196 e. The van der Waals surface area contributed by atoms with Crippen molar-refractivity contribution >= 4 is 22.1 Å². The Kier molecular flexibility index (Phi) is 4.17. The minimum atomic E-state index is -0.0791. The number of ether oxygens (including phenoxy) is 1. The maximum absolute atomic E-state index is 13.0. The molecule has 0 radical (unpaired) electrons. The first-order chi connectivity index (χ1) is 11.1. The van der Waals surface area contributed by atoms with Crippen LogP contribution in [0.2, 0.25) is 0 Å². The molecule has 3 nitrogen and oxygen atoms in total. The van der Waals surface area contributed by atoms with E-state index in [0.717, 1.165) is 16.0 Å². The van der Waals surface area contributed by atoms with Crippen molar-refractivity contribution in [1.82, 2.24) is 0 Å². The highest BCUT2D eigenvalue weighted by Gasteiger charge is 2.23. The molecule has 0 fully saturated rings. The molecule has 1 aromatic heterocycles. The Labute approximate surface area is 139 Å². The molecule has 1 heterocycles. The molecule has 3 rings (SSSR count). The second-order valence-corrected chi connectivity index (χ2v) is 6.46. The highest BCUT2D eigenvalue weighted by molar-refractivity contribution is 7.16. The Hall–Kier alpha value is -2.59. The van der Waals surface area contributed by atoms with Crippen molar-refractivity contribution in [2.75, 3.05) is 12.8 Å². The van der Waals surface area contributed by atoms with E-state index in [-0.39, 0.29) is 5.78 Å². The standard InChI is InChI=1S/C19H17NO2S/c1-12-16(13-7-4-3-5-8-13)17(19(20)23-12)18(21)14-9-6-10-15(11-14)22-2/h3-11H,20H2,1-2H3. The third-order valence-electron chi connectivity index (χ3n) is 3.73. The first kappa shape index (κ1) is 15.3. The van der Waals surface area contributed by atoms with Gasteiger partial charge in [-0.25, -0.2) is 0 Å². The molecule has 116 valence electrons. The molecule has 0 bridgehead atoms. The lowest BCUT2D eigenvalue weighted by Crippen LogP contribution is -2.05. The molecule has 23 heavy (non-hydrogen) atoms. The molecule has 0 amide bonds. The summed E-state index contributed by atoms with van der Waals surface area (Å²) in [4.78, 5) is 14.1. The van der Waals surface area contributed by atoms with Gasteiger partial charge in [0.05, 0.1) is 17.7 Å². The quantitative estimate of drug-likeness (QED) is 0.717. The second kappa shape index (κ2) is 6.26. The summed E-state index contributed by atoms with van der Waals surface area (Å²) in [5.41, 5.74) is 9.23. The molecule has 0 unspecified atom stereocenters. The summed E-state index contributed by atoms with van der Waals surface area (Å²) >= 11 is 1.45. The summed E-state index contributed by atoms with van der Waals surface area (Å²) < 4.78 is 5.21. The van der Waals surface area contributed by atoms with Crippen LogP contribution in [-0.4, -0.2) is 12.9 Å². The number of nitrogens with two attached hydrogens (primary N) is 1. The van der Waals surface area contributed by atoms with Gasteiger partial charge in [-0.3, -0.25) is 4.79 Å². The van der Waals surface area contributed by atoms with Crippen LogP contribution < -0.4 is 10.5 Å². The van der Waals surface area contributed by atoms with Crippen LogP contribution in [0.5, 0.6) is 5.75 Å². The van der Waals surface area contributed by atoms with E-state index in [0.29, 0.717) is 21.9 Å². The van der Waals surface area contributed by atoms with Crippen LogP contribution in [0.3, 0.4) is 0 Å². The average Bonchev–Trinajstić information content (AvgIpc) is 2.89. The molecule has 0 atom stereocenters. The lowest BCUT2D eigenvalue weighted by Gasteiger charge is -2.08. The lowest BCUT2D eigenvalue weighted by molar-refractivity contribution is 0.104. The zero-order chi connectivity index (χ0) is 16.4. The number of hydrogen-bond acceptors (Lipinski definition) is 4. The van der Waals surface area contributed by atoms with E-state index in [9.17, 15) is 4.79 Å². The van der Waals surface area contributed by atoms with E-state index in [1.165, 1.54) is 11.3 Å². The Balaban J connectivity index is 2.14. The topological polar surface area (TPSA) is 52.3 Å². The van der Waals surface area contributed by atoms with E-state index in [4.69, 9.17) is 10.5 Å². The Morgan fingerprint density at radius 1 is 1.09 bits per heavy atom. The molecular formula is C19H17NO2S. The van der Waals surface area contributed by atoms with Gasteiger partial charge < -0.3 is 10.5 Å². The largest absolute Gasteiger partial charge is 0.497 e. The SMILES string of the molecule is COc1cccc(C(=O)c2c(N)sc(C)c2-c2ccccc2)c1. The van der Waals surface area contributed by atoms with Crippen molar-refractivity contribution in [3.8, 4) is 16.9 Å². The number of nitrogen functional groups attached to an aromatic ring is 1. The fourth-order valence-corrected chi connectivity index (χ4v) is 3.60. The number of aryl methyl sites for hydroxylation is 1. The van der Waals surface area contributed by atoms with Crippen LogP contribution in [-0.2, 0) is 0 Å². The Morgan fingerprint density at radius 3 is 2.52 bits per heavy atom. The molecule has 0 aliphatic rings. The summed E-state index contributed by atoms with van der Waals surface area (Å²) in [6.45, 7) is 1.99. The van der Waals surface area contributed by atoms with E-state index >= 15 is 0 Å². The highest BCUT2D eigenvalue weighted by Crippen LogP contribution is 2.39. The summed E-state index contributed by atoms with van der Waals surface area (Å²) in [6, 6.07) is 17.0. The van der Waals surface area contributed by atoms with Gasteiger partial charge >= 0.3 is 0 Å². The van der Waals surface area contributed by atoms with Crippen LogP contribution in [0, 0.1) is 6.92 Å². The zero-order valence-electron chi connectivity index (χ0n) is 13.0. The van der Waals surface area contributed by atoms with E-state index in [2.05, 4.69) is 0 Å².